The number of aromatic nitrogens is 1. The number of carbonyl (C=O) groups is 1. The van der Waals surface area contributed by atoms with Crippen molar-refractivity contribution in [3.8, 4) is 0 Å². The fraction of sp³-hybridized carbons (Fsp3) is 0.636. The number of aryl methyl sites for hydroxylation is 1. The lowest BCUT2D eigenvalue weighted by Gasteiger charge is -2.29. The van der Waals surface area contributed by atoms with E-state index in [1.54, 1.807) is 17.5 Å². The zero-order chi connectivity index (χ0) is 12.3. The van der Waals surface area contributed by atoms with Gasteiger partial charge in [0.2, 0.25) is 5.91 Å². The summed E-state index contributed by atoms with van der Waals surface area (Å²) in [7, 11) is 0. The fourth-order valence-electron chi connectivity index (χ4n) is 1.80. The van der Waals surface area contributed by atoms with E-state index in [0.717, 1.165) is 16.4 Å². The maximum absolute atomic E-state index is 11.9. The normalized spacial score (nSPS) is 22.0. The van der Waals surface area contributed by atoms with Gasteiger partial charge in [0.1, 0.15) is 6.04 Å². The molecule has 5 nitrogen and oxygen atoms in total. The SMILES string of the molecule is Cc1ncc(CNC(=O)[C@H]2NCCO[C@@H]2C)s1.Cl.Cl. The van der Waals surface area contributed by atoms with Crippen LogP contribution in [0.25, 0.3) is 0 Å². The third-order valence-corrected chi connectivity index (χ3v) is 3.62. The Kier molecular flexibility index (Phi) is 8.52. The third-order valence-electron chi connectivity index (χ3n) is 2.70. The van der Waals surface area contributed by atoms with Crippen LogP contribution in [0.3, 0.4) is 0 Å². The van der Waals surface area contributed by atoms with E-state index in [0.29, 0.717) is 13.2 Å². The van der Waals surface area contributed by atoms with Crippen LogP contribution in [0.4, 0.5) is 0 Å². The number of amides is 1. The Morgan fingerprint density at radius 3 is 2.95 bits per heavy atom. The van der Waals surface area contributed by atoms with Gasteiger partial charge in [-0.25, -0.2) is 4.98 Å². The number of hydrogen-bond donors (Lipinski definition) is 2. The van der Waals surface area contributed by atoms with Gasteiger partial charge in [-0.3, -0.25) is 4.79 Å². The smallest absolute Gasteiger partial charge is 0.240 e. The molecule has 19 heavy (non-hydrogen) atoms. The molecule has 0 saturated carbocycles. The molecule has 2 atom stereocenters. The van der Waals surface area contributed by atoms with E-state index in [1.807, 2.05) is 13.8 Å². The summed E-state index contributed by atoms with van der Waals surface area (Å²) in [5.74, 6) is -0.0109. The zero-order valence-corrected chi connectivity index (χ0v) is 13.3. The molecule has 0 aromatic carbocycles. The maximum Gasteiger partial charge on any atom is 0.240 e. The lowest BCUT2D eigenvalue weighted by Crippen LogP contribution is -2.55. The summed E-state index contributed by atoms with van der Waals surface area (Å²) in [5, 5.41) is 7.08. The summed E-state index contributed by atoms with van der Waals surface area (Å²) in [6.07, 6.45) is 1.72. The summed E-state index contributed by atoms with van der Waals surface area (Å²) in [6.45, 7) is 5.79. The van der Waals surface area contributed by atoms with Gasteiger partial charge in [0, 0.05) is 17.6 Å². The van der Waals surface area contributed by atoms with Crippen molar-refractivity contribution in [2.24, 2.45) is 0 Å². The van der Waals surface area contributed by atoms with Crippen molar-refractivity contribution >= 4 is 42.1 Å². The monoisotopic (exact) mass is 327 g/mol. The lowest BCUT2D eigenvalue weighted by atomic mass is 10.1. The third kappa shape index (κ3) is 5.24. The van der Waals surface area contributed by atoms with E-state index in [1.165, 1.54) is 0 Å². The van der Waals surface area contributed by atoms with Crippen LogP contribution in [-0.4, -0.2) is 36.2 Å². The number of nitrogens with one attached hydrogen (secondary N) is 2. The second kappa shape index (κ2) is 8.71. The van der Waals surface area contributed by atoms with Gasteiger partial charge in [0.25, 0.3) is 0 Å². The van der Waals surface area contributed by atoms with E-state index in [-0.39, 0.29) is 42.9 Å². The number of rotatable bonds is 3. The van der Waals surface area contributed by atoms with E-state index >= 15 is 0 Å². The first kappa shape index (κ1) is 18.6. The first-order valence-corrected chi connectivity index (χ1v) is 6.52. The van der Waals surface area contributed by atoms with Gasteiger partial charge in [-0.2, -0.15) is 0 Å². The average molecular weight is 328 g/mol. The molecule has 0 aliphatic carbocycles. The molecule has 2 N–H and O–H groups in total. The highest BCUT2D eigenvalue weighted by Gasteiger charge is 2.27. The Morgan fingerprint density at radius 2 is 2.37 bits per heavy atom. The molecule has 2 rings (SSSR count). The van der Waals surface area contributed by atoms with E-state index in [9.17, 15) is 4.79 Å². The van der Waals surface area contributed by atoms with Crippen LogP contribution < -0.4 is 10.6 Å². The first-order valence-electron chi connectivity index (χ1n) is 5.71. The molecule has 1 amide bonds. The lowest BCUT2D eigenvalue weighted by molar-refractivity contribution is -0.129. The Bertz CT molecular complexity index is 403. The summed E-state index contributed by atoms with van der Waals surface area (Å²) >= 11 is 1.60. The number of nitrogens with zero attached hydrogens (tertiary/aromatic N) is 1. The quantitative estimate of drug-likeness (QED) is 0.878. The summed E-state index contributed by atoms with van der Waals surface area (Å²) < 4.78 is 5.43. The molecule has 0 radical (unpaired) electrons. The largest absolute Gasteiger partial charge is 0.375 e. The molecule has 1 fully saturated rings. The van der Waals surface area contributed by atoms with Crippen LogP contribution in [-0.2, 0) is 16.1 Å². The van der Waals surface area contributed by atoms with Crippen molar-refractivity contribution in [2.75, 3.05) is 13.2 Å². The van der Waals surface area contributed by atoms with Gasteiger partial charge in [-0.15, -0.1) is 36.2 Å². The van der Waals surface area contributed by atoms with Crippen LogP contribution in [0.2, 0.25) is 0 Å². The predicted molar refractivity (Wildman–Crippen MR) is 80.4 cm³/mol. The van der Waals surface area contributed by atoms with E-state index < -0.39 is 0 Å². The number of thiazole rings is 1. The van der Waals surface area contributed by atoms with Crippen LogP contribution >= 0.6 is 36.2 Å². The average Bonchev–Trinajstić information content (AvgIpc) is 2.73. The van der Waals surface area contributed by atoms with Crippen LogP contribution in [0.15, 0.2) is 6.20 Å². The second-order valence-electron chi connectivity index (χ2n) is 4.07. The Hall–Kier alpha value is -0.400. The van der Waals surface area contributed by atoms with Crippen molar-refractivity contribution in [3.63, 3.8) is 0 Å². The van der Waals surface area contributed by atoms with E-state index in [4.69, 9.17) is 4.74 Å². The highest BCUT2D eigenvalue weighted by Crippen LogP contribution is 2.11. The Balaban J connectivity index is 0.00000162. The number of morpholine rings is 1. The van der Waals surface area contributed by atoms with Gasteiger partial charge < -0.3 is 15.4 Å². The minimum absolute atomic E-state index is 0. The van der Waals surface area contributed by atoms with Gasteiger partial charge in [-0.05, 0) is 13.8 Å². The molecule has 0 spiro atoms. The molecule has 110 valence electrons. The molecular weight excluding hydrogens is 309 g/mol. The molecule has 1 aliphatic rings. The second-order valence-corrected chi connectivity index (χ2v) is 5.39. The molecular formula is C11H19Cl2N3O2S. The van der Waals surface area contributed by atoms with Gasteiger partial charge in [0.15, 0.2) is 0 Å². The number of carbonyl (C=O) groups excluding carboxylic acids is 1. The molecule has 1 saturated heterocycles. The van der Waals surface area contributed by atoms with Crippen molar-refractivity contribution in [2.45, 2.75) is 32.5 Å². The zero-order valence-electron chi connectivity index (χ0n) is 10.8. The predicted octanol–water partition coefficient (Wildman–Crippen LogP) is 1.29. The highest BCUT2D eigenvalue weighted by molar-refractivity contribution is 7.11. The van der Waals surface area contributed by atoms with Gasteiger partial charge >= 0.3 is 0 Å². The Morgan fingerprint density at radius 1 is 1.63 bits per heavy atom. The summed E-state index contributed by atoms with van der Waals surface area (Å²) in [5.41, 5.74) is 0. The Labute approximate surface area is 129 Å². The first-order chi connectivity index (χ1) is 8.16. The minimum atomic E-state index is -0.252. The molecule has 1 aromatic rings. The van der Waals surface area contributed by atoms with Crippen LogP contribution in [0.5, 0.6) is 0 Å². The number of halogens is 2. The molecule has 0 bridgehead atoms. The molecule has 1 aromatic heterocycles. The highest BCUT2D eigenvalue weighted by atomic mass is 35.5. The standard InChI is InChI=1S/C11H17N3O2S.2ClH/c1-7-10(12-3-4-16-7)11(15)14-6-9-5-13-8(2)17-9;;/h5,7,10,12H,3-4,6H2,1-2H3,(H,14,15);2*1H/t7-,10+;;/m1../s1. The molecule has 0 unspecified atom stereocenters. The minimum Gasteiger partial charge on any atom is -0.375 e. The topological polar surface area (TPSA) is 63.2 Å². The number of ether oxygens (including phenoxy) is 1. The van der Waals surface area contributed by atoms with E-state index in [2.05, 4.69) is 15.6 Å². The van der Waals surface area contributed by atoms with Crippen molar-refractivity contribution in [3.05, 3.63) is 16.1 Å². The van der Waals surface area contributed by atoms with Crippen LogP contribution in [0, 0.1) is 6.92 Å². The van der Waals surface area contributed by atoms with Crippen molar-refractivity contribution in [1.29, 1.82) is 0 Å². The maximum atomic E-state index is 11.9. The van der Waals surface area contributed by atoms with Gasteiger partial charge in [-0.1, -0.05) is 0 Å². The van der Waals surface area contributed by atoms with Crippen molar-refractivity contribution in [1.82, 2.24) is 15.6 Å². The fourth-order valence-corrected chi connectivity index (χ4v) is 2.53. The van der Waals surface area contributed by atoms with Crippen molar-refractivity contribution < 1.29 is 9.53 Å². The molecule has 8 heteroatoms. The summed E-state index contributed by atoms with van der Waals surface area (Å²) in [4.78, 5) is 17.1. The molecule has 2 heterocycles. The molecule has 1 aliphatic heterocycles. The van der Waals surface area contributed by atoms with Crippen LogP contribution in [0.1, 0.15) is 16.8 Å². The van der Waals surface area contributed by atoms with Gasteiger partial charge in [0.05, 0.1) is 24.3 Å². The summed E-state index contributed by atoms with van der Waals surface area (Å²) in [6, 6.07) is -0.252. The number of hydrogen-bond acceptors (Lipinski definition) is 5.